The van der Waals surface area contributed by atoms with Crippen LogP contribution in [0.4, 0.5) is 4.39 Å². The lowest BCUT2D eigenvalue weighted by atomic mass is 9.94. The molecule has 1 fully saturated rings. The molecular formula is C23H22FNO4. The highest BCUT2D eigenvalue weighted by atomic mass is 19.1. The summed E-state index contributed by atoms with van der Waals surface area (Å²) in [5, 5.41) is 11.0. The quantitative estimate of drug-likeness (QED) is 0.346. The molecule has 1 unspecified atom stereocenters. The van der Waals surface area contributed by atoms with E-state index in [0.717, 1.165) is 5.56 Å². The number of amides is 1. The lowest BCUT2D eigenvalue weighted by Gasteiger charge is -2.24. The molecule has 2 aromatic carbocycles. The summed E-state index contributed by atoms with van der Waals surface area (Å²) < 4.78 is 20.1. The Hall–Kier alpha value is -3.41. The molecule has 1 aliphatic rings. The maximum Gasteiger partial charge on any atom is 0.295 e. The number of aliphatic hydroxyl groups is 1. The minimum absolute atomic E-state index is 0.0443. The Kier molecular flexibility index (Phi) is 5.82. The van der Waals surface area contributed by atoms with Gasteiger partial charge < -0.3 is 14.7 Å². The normalized spacial score (nSPS) is 18.2. The summed E-state index contributed by atoms with van der Waals surface area (Å²) in [5.41, 5.74) is 1.10. The highest BCUT2D eigenvalue weighted by molar-refractivity contribution is 6.46. The number of nitrogens with zero attached hydrogens (tertiary/aromatic N) is 1. The Labute approximate surface area is 168 Å². The predicted octanol–water partition coefficient (Wildman–Crippen LogP) is 4.14. The van der Waals surface area contributed by atoms with E-state index in [4.69, 9.17) is 4.74 Å². The van der Waals surface area contributed by atoms with Crippen molar-refractivity contribution in [3.05, 3.63) is 83.2 Å². The topological polar surface area (TPSA) is 66.8 Å². The fourth-order valence-electron chi connectivity index (χ4n) is 3.50. The smallest absolute Gasteiger partial charge is 0.295 e. The minimum atomic E-state index is -1.04. The van der Waals surface area contributed by atoms with Crippen molar-refractivity contribution in [3.63, 3.8) is 0 Å². The first-order valence-electron chi connectivity index (χ1n) is 9.28. The largest absolute Gasteiger partial charge is 0.507 e. The van der Waals surface area contributed by atoms with Crippen molar-refractivity contribution in [2.45, 2.75) is 19.9 Å². The van der Waals surface area contributed by atoms with Crippen LogP contribution in [0.5, 0.6) is 5.75 Å². The molecule has 0 aromatic heterocycles. The number of rotatable bonds is 6. The summed E-state index contributed by atoms with van der Waals surface area (Å²) in [7, 11) is 0. The van der Waals surface area contributed by atoms with Gasteiger partial charge in [-0.1, -0.05) is 24.3 Å². The van der Waals surface area contributed by atoms with E-state index >= 15 is 0 Å². The number of carbonyl (C=O) groups excluding carboxylic acids is 2. The summed E-state index contributed by atoms with van der Waals surface area (Å²) in [4.78, 5) is 26.6. The first-order chi connectivity index (χ1) is 13.9. The second-order valence-electron chi connectivity index (χ2n) is 6.67. The number of aliphatic hydroxyl groups excluding tert-OH is 1. The molecule has 1 aliphatic heterocycles. The van der Waals surface area contributed by atoms with Crippen LogP contribution in [0.15, 0.2) is 60.7 Å². The lowest BCUT2D eigenvalue weighted by Crippen LogP contribution is -2.30. The number of aryl methyl sites for hydroxylation is 1. The number of Topliss-reactive ketones (excluding diaryl/α,β-unsaturated/α-hetero) is 1. The van der Waals surface area contributed by atoms with Crippen LogP contribution in [-0.4, -0.2) is 34.8 Å². The number of benzene rings is 2. The molecule has 5 nitrogen and oxygen atoms in total. The molecule has 2 aromatic rings. The van der Waals surface area contributed by atoms with Crippen LogP contribution in [0.1, 0.15) is 29.7 Å². The van der Waals surface area contributed by atoms with Crippen molar-refractivity contribution in [2.24, 2.45) is 0 Å². The Bertz CT molecular complexity index is 1010. The molecular weight excluding hydrogens is 373 g/mol. The zero-order valence-corrected chi connectivity index (χ0v) is 16.3. The third-order valence-corrected chi connectivity index (χ3v) is 4.81. The van der Waals surface area contributed by atoms with Gasteiger partial charge >= 0.3 is 0 Å². The van der Waals surface area contributed by atoms with E-state index in [-0.39, 0.29) is 23.4 Å². The van der Waals surface area contributed by atoms with Gasteiger partial charge in [0, 0.05) is 17.7 Å². The van der Waals surface area contributed by atoms with Crippen LogP contribution in [-0.2, 0) is 9.59 Å². The van der Waals surface area contributed by atoms with Crippen LogP contribution in [0.25, 0.3) is 5.76 Å². The summed E-state index contributed by atoms with van der Waals surface area (Å²) in [6, 6.07) is 9.81. The molecule has 0 radical (unpaired) electrons. The Morgan fingerprint density at radius 1 is 1.28 bits per heavy atom. The van der Waals surface area contributed by atoms with Gasteiger partial charge in [-0.25, -0.2) is 4.39 Å². The lowest BCUT2D eigenvalue weighted by molar-refractivity contribution is -0.139. The van der Waals surface area contributed by atoms with Crippen molar-refractivity contribution in [2.75, 3.05) is 13.2 Å². The molecule has 1 N–H and O–H groups in total. The SMILES string of the molecule is C=CCN1C(=O)C(=O)C(=C(O)c2ccc(OCC)c(C)c2)C1c1ccccc1F. The first-order valence-corrected chi connectivity index (χ1v) is 9.28. The average Bonchev–Trinajstić information content (AvgIpc) is 2.94. The van der Waals surface area contributed by atoms with Crippen LogP contribution in [0.3, 0.4) is 0 Å². The van der Waals surface area contributed by atoms with Gasteiger partial charge in [-0.3, -0.25) is 9.59 Å². The van der Waals surface area contributed by atoms with Crippen LogP contribution in [0.2, 0.25) is 0 Å². The van der Waals surface area contributed by atoms with E-state index in [1.165, 1.54) is 29.2 Å². The van der Waals surface area contributed by atoms with Gasteiger partial charge in [0.15, 0.2) is 0 Å². The van der Waals surface area contributed by atoms with Gasteiger partial charge in [-0.15, -0.1) is 6.58 Å². The number of likely N-dealkylation sites (tertiary alicyclic amines) is 1. The molecule has 1 amide bonds. The van der Waals surface area contributed by atoms with E-state index in [9.17, 15) is 19.1 Å². The molecule has 150 valence electrons. The van der Waals surface area contributed by atoms with E-state index in [0.29, 0.717) is 17.9 Å². The first kappa shape index (κ1) is 20.3. The number of hydrogen-bond acceptors (Lipinski definition) is 4. The number of hydrogen-bond donors (Lipinski definition) is 1. The van der Waals surface area contributed by atoms with E-state index in [2.05, 4.69) is 6.58 Å². The van der Waals surface area contributed by atoms with Crippen molar-refractivity contribution < 1.29 is 23.8 Å². The molecule has 1 saturated heterocycles. The molecule has 3 rings (SSSR count). The Balaban J connectivity index is 2.19. The van der Waals surface area contributed by atoms with Crippen LogP contribution < -0.4 is 4.74 Å². The Morgan fingerprint density at radius 2 is 2.00 bits per heavy atom. The number of ketones is 1. The minimum Gasteiger partial charge on any atom is -0.507 e. The van der Waals surface area contributed by atoms with Gasteiger partial charge in [0.1, 0.15) is 17.3 Å². The number of ether oxygens (including phenoxy) is 1. The standard InChI is InChI=1S/C23H22FNO4/c1-4-12-25-20(16-8-6-7-9-17(16)24)19(22(27)23(25)28)21(26)15-10-11-18(29-5-2)14(3)13-15/h4,6-11,13,20,26H,1,5,12H2,2-3H3. The van der Waals surface area contributed by atoms with Gasteiger partial charge in [0.05, 0.1) is 18.2 Å². The molecule has 0 aliphatic carbocycles. The monoisotopic (exact) mass is 395 g/mol. The third-order valence-electron chi connectivity index (χ3n) is 4.81. The highest BCUT2D eigenvalue weighted by Crippen LogP contribution is 2.40. The molecule has 6 heteroatoms. The summed E-state index contributed by atoms with van der Waals surface area (Å²) in [6.45, 7) is 7.82. The fourth-order valence-corrected chi connectivity index (χ4v) is 3.50. The van der Waals surface area contributed by atoms with Crippen LogP contribution >= 0.6 is 0 Å². The van der Waals surface area contributed by atoms with Crippen LogP contribution in [0, 0.1) is 12.7 Å². The summed E-state index contributed by atoms with van der Waals surface area (Å²) in [5.74, 6) is -1.93. The summed E-state index contributed by atoms with van der Waals surface area (Å²) in [6.07, 6.45) is 1.46. The van der Waals surface area contributed by atoms with E-state index in [1.54, 1.807) is 24.3 Å². The summed E-state index contributed by atoms with van der Waals surface area (Å²) >= 11 is 0. The predicted molar refractivity (Wildman–Crippen MR) is 108 cm³/mol. The molecule has 1 heterocycles. The molecule has 1 atom stereocenters. The molecule has 29 heavy (non-hydrogen) atoms. The van der Waals surface area contributed by atoms with Crippen molar-refractivity contribution in [1.82, 2.24) is 4.90 Å². The molecule has 0 spiro atoms. The molecule has 0 bridgehead atoms. The van der Waals surface area contributed by atoms with Gasteiger partial charge in [-0.05, 0) is 43.7 Å². The maximum atomic E-state index is 14.6. The fraction of sp³-hybridized carbons (Fsp3) is 0.217. The number of carbonyl (C=O) groups is 2. The van der Waals surface area contributed by atoms with E-state index < -0.39 is 23.5 Å². The maximum absolute atomic E-state index is 14.6. The third kappa shape index (κ3) is 3.66. The zero-order chi connectivity index (χ0) is 21.1. The Morgan fingerprint density at radius 3 is 2.62 bits per heavy atom. The average molecular weight is 395 g/mol. The van der Waals surface area contributed by atoms with Gasteiger partial charge in [0.25, 0.3) is 11.7 Å². The van der Waals surface area contributed by atoms with Crippen molar-refractivity contribution in [1.29, 1.82) is 0 Å². The number of halogens is 1. The van der Waals surface area contributed by atoms with E-state index in [1.807, 2.05) is 13.8 Å². The second-order valence-corrected chi connectivity index (χ2v) is 6.67. The van der Waals surface area contributed by atoms with Crippen molar-refractivity contribution in [3.8, 4) is 5.75 Å². The van der Waals surface area contributed by atoms with Crippen molar-refractivity contribution >= 4 is 17.4 Å². The molecule has 0 saturated carbocycles. The van der Waals surface area contributed by atoms with Gasteiger partial charge in [0.2, 0.25) is 0 Å². The second kappa shape index (κ2) is 8.31. The van der Waals surface area contributed by atoms with Gasteiger partial charge in [-0.2, -0.15) is 0 Å². The zero-order valence-electron chi connectivity index (χ0n) is 16.3. The highest BCUT2D eigenvalue weighted by Gasteiger charge is 2.46.